The summed E-state index contributed by atoms with van der Waals surface area (Å²) in [5, 5.41) is 0. The Morgan fingerprint density at radius 1 is 0.971 bits per heavy atom. The van der Waals surface area contributed by atoms with Crippen LogP contribution in [-0.4, -0.2) is 66.1 Å². The van der Waals surface area contributed by atoms with Crippen molar-refractivity contribution in [1.29, 1.82) is 0 Å². The molecule has 1 atom stereocenters. The minimum absolute atomic E-state index is 0.0315. The number of hydrogen-bond donors (Lipinski definition) is 0. The van der Waals surface area contributed by atoms with Gasteiger partial charge in [-0.15, -0.1) is 0 Å². The third-order valence-electron chi connectivity index (χ3n) is 5.73. The molecule has 3 aromatic rings. The van der Waals surface area contributed by atoms with E-state index in [1.807, 2.05) is 42.5 Å². The average molecular weight is 476 g/mol. The van der Waals surface area contributed by atoms with Crippen LogP contribution < -0.4 is 9.47 Å². The van der Waals surface area contributed by atoms with Crippen molar-refractivity contribution in [3.05, 3.63) is 90.3 Å². The summed E-state index contributed by atoms with van der Waals surface area (Å²) < 4.78 is 17.0. The third-order valence-corrected chi connectivity index (χ3v) is 5.73. The smallest absolute Gasteiger partial charge is 0.261 e. The number of carbonyl (C=O) groups excluding carboxylic acids is 2. The van der Waals surface area contributed by atoms with Gasteiger partial charge in [-0.05, 0) is 41.5 Å². The van der Waals surface area contributed by atoms with Gasteiger partial charge in [-0.3, -0.25) is 14.6 Å². The normalized spacial score (nSPS) is 16.0. The van der Waals surface area contributed by atoms with Gasteiger partial charge in [-0.1, -0.05) is 36.4 Å². The molecule has 1 aliphatic heterocycles. The van der Waals surface area contributed by atoms with Crippen LogP contribution >= 0.6 is 0 Å². The fraction of sp³-hybridized carbons (Fsp3) is 0.296. The Morgan fingerprint density at radius 2 is 1.71 bits per heavy atom. The molecule has 1 saturated heterocycles. The minimum Gasteiger partial charge on any atom is -0.497 e. The van der Waals surface area contributed by atoms with E-state index in [0.29, 0.717) is 37.7 Å². The predicted octanol–water partition coefficient (Wildman–Crippen LogP) is 2.93. The first-order valence-corrected chi connectivity index (χ1v) is 11.5. The summed E-state index contributed by atoms with van der Waals surface area (Å²) in [6.07, 6.45) is 3.09. The molecule has 1 fully saturated rings. The molecule has 2 heterocycles. The van der Waals surface area contributed by atoms with Gasteiger partial charge in [0.2, 0.25) is 5.91 Å². The van der Waals surface area contributed by atoms with Crippen LogP contribution in [0.3, 0.4) is 0 Å². The van der Waals surface area contributed by atoms with Crippen LogP contribution in [0.15, 0.2) is 79.1 Å². The molecule has 1 aromatic heterocycles. The molecule has 0 radical (unpaired) electrons. The summed E-state index contributed by atoms with van der Waals surface area (Å²) in [7, 11) is 1.59. The lowest BCUT2D eigenvalue weighted by atomic mass is 10.2. The number of methoxy groups -OCH3 is 1. The molecule has 2 amide bonds. The van der Waals surface area contributed by atoms with Gasteiger partial charge in [-0.2, -0.15) is 0 Å². The Kier molecular flexibility index (Phi) is 8.30. The van der Waals surface area contributed by atoms with Crippen molar-refractivity contribution >= 4 is 11.8 Å². The van der Waals surface area contributed by atoms with Crippen LogP contribution in [0.25, 0.3) is 0 Å². The maximum absolute atomic E-state index is 13.1. The molecule has 0 aliphatic carbocycles. The number of benzene rings is 2. The highest BCUT2D eigenvalue weighted by Gasteiger charge is 2.31. The summed E-state index contributed by atoms with van der Waals surface area (Å²) in [4.78, 5) is 33.5. The van der Waals surface area contributed by atoms with Crippen LogP contribution in [-0.2, 0) is 27.5 Å². The third kappa shape index (κ3) is 7.04. The fourth-order valence-corrected chi connectivity index (χ4v) is 3.84. The van der Waals surface area contributed by atoms with Crippen LogP contribution in [0.2, 0.25) is 0 Å². The molecule has 8 nitrogen and oxygen atoms in total. The summed E-state index contributed by atoms with van der Waals surface area (Å²) in [5.74, 6) is 0.840. The van der Waals surface area contributed by atoms with Crippen molar-refractivity contribution in [3.8, 4) is 11.5 Å². The molecule has 4 rings (SSSR count). The summed E-state index contributed by atoms with van der Waals surface area (Å²) in [6, 6.07) is 20.6. The SMILES string of the molecule is COc1ccc(OCC(=O)N2CC(=O)N(Cc3cccnc3)C[C@H](OCc3ccccc3)C2)cc1. The monoisotopic (exact) mass is 475 g/mol. The van der Waals surface area contributed by atoms with Crippen molar-refractivity contribution in [3.63, 3.8) is 0 Å². The van der Waals surface area contributed by atoms with E-state index in [-0.39, 0.29) is 31.1 Å². The van der Waals surface area contributed by atoms with Crippen molar-refractivity contribution in [1.82, 2.24) is 14.8 Å². The zero-order valence-corrected chi connectivity index (χ0v) is 19.7. The minimum atomic E-state index is -0.344. The first-order chi connectivity index (χ1) is 17.1. The molecular formula is C27H29N3O5. The highest BCUT2D eigenvalue weighted by molar-refractivity contribution is 5.86. The number of rotatable bonds is 9. The molecule has 0 saturated carbocycles. The van der Waals surface area contributed by atoms with E-state index in [1.165, 1.54) is 4.90 Å². The summed E-state index contributed by atoms with van der Waals surface area (Å²) in [5.41, 5.74) is 1.95. The first-order valence-electron chi connectivity index (χ1n) is 11.5. The zero-order valence-electron chi connectivity index (χ0n) is 19.7. The van der Waals surface area contributed by atoms with Gasteiger partial charge < -0.3 is 24.0 Å². The highest BCUT2D eigenvalue weighted by Crippen LogP contribution is 2.18. The lowest BCUT2D eigenvalue weighted by Gasteiger charge is -2.25. The van der Waals surface area contributed by atoms with Crippen molar-refractivity contribution in [2.75, 3.05) is 33.4 Å². The molecule has 182 valence electrons. The second-order valence-electron chi connectivity index (χ2n) is 8.29. The van der Waals surface area contributed by atoms with E-state index in [1.54, 1.807) is 48.7 Å². The van der Waals surface area contributed by atoms with Gasteiger partial charge in [0, 0.05) is 32.0 Å². The molecule has 0 bridgehead atoms. The highest BCUT2D eigenvalue weighted by atomic mass is 16.5. The lowest BCUT2D eigenvalue weighted by Crippen LogP contribution is -2.42. The molecule has 0 N–H and O–H groups in total. The predicted molar refractivity (Wildman–Crippen MR) is 130 cm³/mol. The van der Waals surface area contributed by atoms with Gasteiger partial charge in [0.05, 0.1) is 26.4 Å². The molecule has 0 spiro atoms. The van der Waals surface area contributed by atoms with Crippen molar-refractivity contribution in [2.45, 2.75) is 19.3 Å². The van der Waals surface area contributed by atoms with E-state index < -0.39 is 0 Å². The second-order valence-corrected chi connectivity index (χ2v) is 8.29. The Morgan fingerprint density at radius 3 is 2.43 bits per heavy atom. The first kappa shape index (κ1) is 24.2. The number of nitrogens with zero attached hydrogens (tertiary/aromatic N) is 3. The topological polar surface area (TPSA) is 81.2 Å². The Bertz CT molecular complexity index is 1090. The van der Waals surface area contributed by atoms with E-state index in [9.17, 15) is 9.59 Å². The largest absolute Gasteiger partial charge is 0.497 e. The van der Waals surface area contributed by atoms with Gasteiger partial charge >= 0.3 is 0 Å². The number of carbonyl (C=O) groups is 2. The quantitative estimate of drug-likeness (QED) is 0.473. The van der Waals surface area contributed by atoms with E-state index in [2.05, 4.69) is 4.98 Å². The number of amides is 2. The van der Waals surface area contributed by atoms with Crippen LogP contribution in [0.1, 0.15) is 11.1 Å². The average Bonchev–Trinajstić information content (AvgIpc) is 3.06. The van der Waals surface area contributed by atoms with Crippen LogP contribution in [0, 0.1) is 0 Å². The zero-order chi connectivity index (χ0) is 24.5. The Hall–Kier alpha value is -3.91. The Labute approximate surface area is 205 Å². The maximum atomic E-state index is 13.1. The fourth-order valence-electron chi connectivity index (χ4n) is 3.84. The molecule has 8 heteroatoms. The van der Waals surface area contributed by atoms with E-state index >= 15 is 0 Å². The van der Waals surface area contributed by atoms with E-state index in [0.717, 1.165) is 11.1 Å². The molecule has 0 unspecified atom stereocenters. The van der Waals surface area contributed by atoms with Crippen LogP contribution in [0.5, 0.6) is 11.5 Å². The van der Waals surface area contributed by atoms with Gasteiger partial charge in [0.15, 0.2) is 6.61 Å². The molecule has 35 heavy (non-hydrogen) atoms. The molecular weight excluding hydrogens is 446 g/mol. The van der Waals surface area contributed by atoms with Gasteiger partial charge in [0.25, 0.3) is 5.91 Å². The van der Waals surface area contributed by atoms with Crippen LogP contribution in [0.4, 0.5) is 0 Å². The Balaban J connectivity index is 1.43. The van der Waals surface area contributed by atoms with E-state index in [4.69, 9.17) is 14.2 Å². The summed E-state index contributed by atoms with van der Waals surface area (Å²) in [6.45, 7) is 1.27. The van der Waals surface area contributed by atoms with Crippen molar-refractivity contribution in [2.24, 2.45) is 0 Å². The van der Waals surface area contributed by atoms with Crippen molar-refractivity contribution < 1.29 is 23.8 Å². The van der Waals surface area contributed by atoms with Gasteiger partial charge in [-0.25, -0.2) is 0 Å². The molecule has 2 aromatic carbocycles. The standard InChI is InChI=1S/C27H29N3O5/c1-33-23-9-11-24(12-10-23)35-20-27(32)30-17-25(34-19-21-6-3-2-4-7-21)16-29(26(31)18-30)15-22-8-5-13-28-14-22/h2-14,25H,15-20H2,1H3/t25-/m0/s1. The second kappa shape index (κ2) is 12.0. The number of ether oxygens (including phenoxy) is 3. The number of hydrogen-bond acceptors (Lipinski definition) is 6. The van der Waals surface area contributed by atoms with Gasteiger partial charge in [0.1, 0.15) is 11.5 Å². The summed E-state index contributed by atoms with van der Waals surface area (Å²) >= 11 is 0. The number of pyridine rings is 1. The maximum Gasteiger partial charge on any atom is 0.261 e. The number of aromatic nitrogens is 1. The lowest BCUT2D eigenvalue weighted by molar-refractivity contribution is -0.140. The molecule has 1 aliphatic rings.